The van der Waals surface area contributed by atoms with Gasteiger partial charge < -0.3 is 14.8 Å². The topological polar surface area (TPSA) is 64.6 Å². The maximum atomic E-state index is 12.0. The molecule has 1 atom stereocenters. The number of rotatable bonds is 6. The molecule has 122 valence electrons. The van der Waals surface area contributed by atoms with Gasteiger partial charge in [0.05, 0.1) is 13.2 Å². The van der Waals surface area contributed by atoms with E-state index in [0.717, 1.165) is 4.88 Å². The second kappa shape index (κ2) is 7.99. The van der Waals surface area contributed by atoms with Crippen LogP contribution < -0.4 is 10.1 Å². The molecule has 0 aliphatic rings. The Morgan fingerprint density at radius 2 is 2.13 bits per heavy atom. The van der Waals surface area contributed by atoms with Gasteiger partial charge in [0.25, 0.3) is 5.91 Å². The molecule has 1 N–H and O–H groups in total. The zero-order valence-corrected chi connectivity index (χ0v) is 14.2. The van der Waals surface area contributed by atoms with Crippen LogP contribution in [0.3, 0.4) is 0 Å². The fraction of sp³-hybridized carbons (Fsp3) is 0.250. The van der Waals surface area contributed by atoms with Crippen LogP contribution in [0.1, 0.15) is 28.2 Å². The van der Waals surface area contributed by atoms with Gasteiger partial charge in [-0.15, -0.1) is 11.3 Å². The van der Waals surface area contributed by atoms with E-state index in [1.165, 1.54) is 19.2 Å². The van der Waals surface area contributed by atoms with Crippen LogP contribution >= 0.6 is 22.9 Å². The van der Waals surface area contributed by atoms with Crippen molar-refractivity contribution in [2.45, 2.75) is 13.0 Å². The number of thiophene rings is 1. The van der Waals surface area contributed by atoms with E-state index in [4.69, 9.17) is 16.3 Å². The van der Waals surface area contributed by atoms with Gasteiger partial charge in [0, 0.05) is 9.90 Å². The van der Waals surface area contributed by atoms with Crippen molar-refractivity contribution in [3.63, 3.8) is 0 Å². The van der Waals surface area contributed by atoms with Gasteiger partial charge in [0.1, 0.15) is 11.3 Å². The Morgan fingerprint density at radius 3 is 2.78 bits per heavy atom. The molecule has 7 heteroatoms. The van der Waals surface area contributed by atoms with Gasteiger partial charge >= 0.3 is 5.97 Å². The predicted octanol–water partition coefficient (Wildman–Crippen LogP) is 3.44. The minimum atomic E-state index is -0.552. The molecule has 0 aliphatic heterocycles. The maximum Gasteiger partial charge on any atom is 0.341 e. The third-order valence-corrected chi connectivity index (χ3v) is 4.35. The van der Waals surface area contributed by atoms with E-state index in [0.29, 0.717) is 5.02 Å². The number of halogens is 1. The average molecular weight is 354 g/mol. The summed E-state index contributed by atoms with van der Waals surface area (Å²) in [6.45, 7) is 1.67. The van der Waals surface area contributed by atoms with Crippen LogP contribution in [0.5, 0.6) is 5.75 Å². The van der Waals surface area contributed by atoms with E-state index in [1.807, 2.05) is 24.4 Å². The molecule has 1 unspecified atom stereocenters. The Hall–Kier alpha value is -2.05. The first-order chi connectivity index (χ1) is 11.0. The number of hydrogen-bond donors (Lipinski definition) is 1. The Labute approximate surface area is 143 Å². The highest BCUT2D eigenvalue weighted by molar-refractivity contribution is 7.10. The molecule has 1 heterocycles. The molecule has 2 rings (SSSR count). The van der Waals surface area contributed by atoms with Crippen LogP contribution in [-0.2, 0) is 9.53 Å². The van der Waals surface area contributed by atoms with Gasteiger partial charge in [0.15, 0.2) is 6.61 Å². The molecule has 2 aromatic rings. The highest BCUT2D eigenvalue weighted by Gasteiger charge is 2.16. The predicted molar refractivity (Wildman–Crippen MR) is 89.2 cm³/mol. The third-order valence-electron chi connectivity index (χ3n) is 3.06. The second-order valence-corrected chi connectivity index (χ2v) is 6.14. The number of methoxy groups -OCH3 is 1. The van der Waals surface area contributed by atoms with Crippen LogP contribution in [0, 0.1) is 0 Å². The molecule has 1 aromatic heterocycles. The van der Waals surface area contributed by atoms with Crippen molar-refractivity contribution < 1.29 is 19.1 Å². The van der Waals surface area contributed by atoms with E-state index < -0.39 is 5.97 Å². The van der Waals surface area contributed by atoms with Gasteiger partial charge in [-0.2, -0.15) is 0 Å². The molecular weight excluding hydrogens is 338 g/mol. The van der Waals surface area contributed by atoms with Crippen molar-refractivity contribution in [1.82, 2.24) is 5.32 Å². The van der Waals surface area contributed by atoms with Crippen molar-refractivity contribution >= 4 is 34.8 Å². The van der Waals surface area contributed by atoms with Crippen molar-refractivity contribution in [1.29, 1.82) is 0 Å². The molecule has 23 heavy (non-hydrogen) atoms. The molecule has 0 aliphatic carbocycles. The normalized spacial score (nSPS) is 11.6. The van der Waals surface area contributed by atoms with Crippen molar-refractivity contribution in [2.24, 2.45) is 0 Å². The molecule has 0 saturated heterocycles. The SMILES string of the molecule is COC(=O)c1ccc(Cl)cc1OCC(=O)NC(C)c1cccs1. The number of amides is 1. The fourth-order valence-electron chi connectivity index (χ4n) is 1.93. The fourth-order valence-corrected chi connectivity index (χ4v) is 2.83. The second-order valence-electron chi connectivity index (χ2n) is 4.73. The van der Waals surface area contributed by atoms with Gasteiger partial charge in [-0.3, -0.25) is 4.79 Å². The lowest BCUT2D eigenvalue weighted by molar-refractivity contribution is -0.123. The van der Waals surface area contributed by atoms with Crippen molar-refractivity contribution in [3.05, 3.63) is 51.2 Å². The smallest absolute Gasteiger partial charge is 0.341 e. The maximum absolute atomic E-state index is 12.0. The van der Waals surface area contributed by atoms with E-state index in [9.17, 15) is 9.59 Å². The van der Waals surface area contributed by atoms with Crippen LogP contribution in [0.25, 0.3) is 0 Å². The zero-order valence-electron chi connectivity index (χ0n) is 12.7. The molecule has 0 saturated carbocycles. The number of hydrogen-bond acceptors (Lipinski definition) is 5. The number of carbonyl (C=O) groups is 2. The molecule has 0 radical (unpaired) electrons. The van der Waals surface area contributed by atoms with Crippen molar-refractivity contribution in [2.75, 3.05) is 13.7 Å². The van der Waals surface area contributed by atoms with Gasteiger partial charge in [0.2, 0.25) is 0 Å². The number of esters is 1. The summed E-state index contributed by atoms with van der Waals surface area (Å²) in [6.07, 6.45) is 0. The molecular formula is C16H16ClNO4S. The molecule has 0 bridgehead atoms. The first kappa shape index (κ1) is 17.3. The Kier molecular flexibility index (Phi) is 6.01. The average Bonchev–Trinajstić information content (AvgIpc) is 3.07. The number of nitrogens with one attached hydrogen (secondary N) is 1. The van der Waals surface area contributed by atoms with Crippen LogP contribution in [0.2, 0.25) is 5.02 Å². The molecule has 0 fully saturated rings. The van der Waals surface area contributed by atoms with Gasteiger partial charge in [-0.05, 0) is 36.6 Å². The Bertz CT molecular complexity index is 687. The highest BCUT2D eigenvalue weighted by Crippen LogP contribution is 2.24. The number of benzene rings is 1. The lowest BCUT2D eigenvalue weighted by Crippen LogP contribution is -2.31. The van der Waals surface area contributed by atoms with Crippen molar-refractivity contribution in [3.8, 4) is 5.75 Å². The van der Waals surface area contributed by atoms with E-state index in [-0.39, 0.29) is 29.9 Å². The minimum absolute atomic E-state index is 0.106. The van der Waals surface area contributed by atoms with Gasteiger partial charge in [-0.25, -0.2) is 4.79 Å². The lowest BCUT2D eigenvalue weighted by atomic mass is 10.2. The summed E-state index contributed by atoms with van der Waals surface area (Å²) in [5.74, 6) is -0.631. The minimum Gasteiger partial charge on any atom is -0.483 e. The summed E-state index contributed by atoms with van der Waals surface area (Å²) in [4.78, 5) is 24.7. The standard InChI is InChI=1S/C16H16ClNO4S/c1-10(14-4-3-7-23-14)18-15(19)9-22-13-8-11(17)5-6-12(13)16(20)21-2/h3-8,10H,9H2,1-2H3,(H,18,19). The largest absolute Gasteiger partial charge is 0.483 e. The number of ether oxygens (including phenoxy) is 2. The summed E-state index contributed by atoms with van der Waals surface area (Å²) in [7, 11) is 1.27. The molecule has 1 aromatic carbocycles. The summed E-state index contributed by atoms with van der Waals surface area (Å²) < 4.78 is 10.1. The molecule has 5 nitrogen and oxygen atoms in total. The zero-order chi connectivity index (χ0) is 16.8. The molecule has 0 spiro atoms. The highest BCUT2D eigenvalue weighted by atomic mass is 35.5. The Morgan fingerprint density at radius 1 is 1.35 bits per heavy atom. The van der Waals surface area contributed by atoms with E-state index >= 15 is 0 Å². The summed E-state index contributed by atoms with van der Waals surface area (Å²) >= 11 is 7.47. The van der Waals surface area contributed by atoms with Crippen LogP contribution in [-0.4, -0.2) is 25.6 Å². The van der Waals surface area contributed by atoms with Crippen LogP contribution in [0.15, 0.2) is 35.7 Å². The van der Waals surface area contributed by atoms with E-state index in [1.54, 1.807) is 17.4 Å². The third kappa shape index (κ3) is 4.71. The Balaban J connectivity index is 1.98. The molecule has 1 amide bonds. The quantitative estimate of drug-likeness (QED) is 0.808. The van der Waals surface area contributed by atoms with Gasteiger partial charge in [-0.1, -0.05) is 17.7 Å². The van der Waals surface area contributed by atoms with E-state index in [2.05, 4.69) is 10.1 Å². The first-order valence-corrected chi connectivity index (χ1v) is 8.10. The number of carbonyl (C=O) groups excluding carboxylic acids is 2. The monoisotopic (exact) mass is 353 g/mol. The summed E-state index contributed by atoms with van der Waals surface area (Å²) in [6, 6.07) is 8.29. The summed E-state index contributed by atoms with van der Waals surface area (Å²) in [5.41, 5.74) is 0.219. The lowest BCUT2D eigenvalue weighted by Gasteiger charge is -2.14. The summed E-state index contributed by atoms with van der Waals surface area (Å²) in [5, 5.41) is 5.18. The van der Waals surface area contributed by atoms with Crippen LogP contribution in [0.4, 0.5) is 0 Å². The first-order valence-electron chi connectivity index (χ1n) is 6.84.